The van der Waals surface area contributed by atoms with Gasteiger partial charge in [0.15, 0.2) is 5.17 Å². The molecule has 27 heavy (non-hydrogen) atoms. The number of rotatable bonds is 5. The van der Waals surface area contributed by atoms with Gasteiger partial charge in [-0.25, -0.2) is 4.98 Å². The summed E-state index contributed by atoms with van der Waals surface area (Å²) in [5, 5.41) is 6.03. The van der Waals surface area contributed by atoms with E-state index in [9.17, 15) is 4.79 Å². The Labute approximate surface area is 172 Å². The Kier molecular flexibility index (Phi) is 7.82. The first-order chi connectivity index (χ1) is 12.7. The van der Waals surface area contributed by atoms with Gasteiger partial charge in [0, 0.05) is 10.8 Å². The summed E-state index contributed by atoms with van der Waals surface area (Å²) in [5.74, 6) is -0.118. The summed E-state index contributed by atoms with van der Waals surface area (Å²) in [6.07, 6.45) is 1.71. The van der Waals surface area contributed by atoms with Crippen molar-refractivity contribution in [2.75, 3.05) is 24.7 Å². The van der Waals surface area contributed by atoms with Gasteiger partial charge in [-0.3, -0.25) is 9.79 Å². The van der Waals surface area contributed by atoms with E-state index in [-0.39, 0.29) is 28.7 Å². The normalized spacial score (nSPS) is 11.1. The van der Waals surface area contributed by atoms with Crippen LogP contribution in [0, 0.1) is 0 Å². The number of esters is 1. The number of aliphatic imine (C=N–C) groups is 1. The molecule has 2 aromatic carbocycles. The molecule has 0 fully saturated rings. The van der Waals surface area contributed by atoms with Crippen LogP contribution in [0.1, 0.15) is 0 Å². The fraction of sp³-hybridized carbons (Fsp3) is 0.150. The molecule has 0 amide bonds. The van der Waals surface area contributed by atoms with E-state index in [1.54, 1.807) is 6.08 Å². The number of carbonyl (C=O) groups is 1. The minimum Gasteiger partial charge on any atom is -0.468 e. The van der Waals surface area contributed by atoms with E-state index >= 15 is 0 Å². The molecular formula is C20H20BrN3O2S. The summed E-state index contributed by atoms with van der Waals surface area (Å²) >= 11 is 1.30. The third kappa shape index (κ3) is 5.08. The molecule has 3 rings (SSSR count). The third-order valence-corrected chi connectivity index (χ3v) is 4.62. The summed E-state index contributed by atoms with van der Waals surface area (Å²) in [6, 6.07) is 15.9. The lowest BCUT2D eigenvalue weighted by molar-refractivity contribution is -0.137. The minimum atomic E-state index is -0.299. The number of amidine groups is 1. The van der Waals surface area contributed by atoms with Gasteiger partial charge in [0.25, 0.3) is 0 Å². The van der Waals surface area contributed by atoms with Crippen LogP contribution in [-0.2, 0) is 9.53 Å². The number of ether oxygens (including phenoxy) is 1. The van der Waals surface area contributed by atoms with E-state index in [0.29, 0.717) is 11.7 Å². The summed E-state index contributed by atoms with van der Waals surface area (Å²) < 4.78 is 4.72. The molecular weight excluding hydrogens is 426 g/mol. The molecule has 0 saturated heterocycles. The van der Waals surface area contributed by atoms with Crippen LogP contribution in [0.4, 0.5) is 5.69 Å². The van der Waals surface area contributed by atoms with E-state index in [4.69, 9.17) is 9.72 Å². The van der Waals surface area contributed by atoms with Crippen molar-refractivity contribution < 1.29 is 9.53 Å². The number of anilines is 1. The molecule has 0 aliphatic rings. The molecule has 0 bridgehead atoms. The monoisotopic (exact) mass is 445 g/mol. The van der Waals surface area contributed by atoms with Gasteiger partial charge in [-0.2, -0.15) is 0 Å². The van der Waals surface area contributed by atoms with Crippen LogP contribution in [0.5, 0.6) is 0 Å². The molecule has 1 aromatic heterocycles. The molecule has 1 heterocycles. The Morgan fingerprint density at radius 3 is 2.33 bits per heavy atom. The van der Waals surface area contributed by atoms with Gasteiger partial charge in [0.05, 0.1) is 36.1 Å². The van der Waals surface area contributed by atoms with Crippen molar-refractivity contribution in [3.8, 4) is 0 Å². The van der Waals surface area contributed by atoms with Crippen LogP contribution in [0.15, 0.2) is 66.2 Å². The summed E-state index contributed by atoms with van der Waals surface area (Å²) in [7, 11) is 1.38. The maximum absolute atomic E-state index is 11.5. The Morgan fingerprint density at radius 1 is 1.19 bits per heavy atom. The molecule has 7 heteroatoms. The fourth-order valence-electron chi connectivity index (χ4n) is 2.54. The molecule has 140 valence electrons. The highest BCUT2D eigenvalue weighted by atomic mass is 79.9. The van der Waals surface area contributed by atoms with Crippen molar-refractivity contribution in [2.24, 2.45) is 4.99 Å². The number of para-hydroxylation sites is 2. The van der Waals surface area contributed by atoms with Gasteiger partial charge in [0.2, 0.25) is 0 Å². The Hall–Kier alpha value is -2.38. The van der Waals surface area contributed by atoms with Crippen LogP contribution in [0.25, 0.3) is 21.8 Å². The number of fused-ring (bicyclic) bond motifs is 2. The lowest BCUT2D eigenvalue weighted by Gasteiger charge is -2.14. The molecule has 0 aliphatic heterocycles. The molecule has 0 aliphatic carbocycles. The zero-order chi connectivity index (χ0) is 18.4. The molecule has 5 nitrogen and oxygen atoms in total. The number of carbonyl (C=O) groups excluding carboxylic acids is 1. The van der Waals surface area contributed by atoms with Crippen LogP contribution in [0.3, 0.4) is 0 Å². The maximum Gasteiger partial charge on any atom is 0.316 e. The van der Waals surface area contributed by atoms with E-state index in [0.717, 1.165) is 27.5 Å². The average Bonchev–Trinajstić information content (AvgIpc) is 2.69. The lowest BCUT2D eigenvalue weighted by atomic mass is 10.1. The standard InChI is InChI=1S/C20H19N3O2S.BrH/c1-3-12-21-20(26-13-18(24)25-2)23-19-14-8-4-6-10-16(14)22-17-11-7-5-9-15(17)19;/h3-11H,1,12-13H2,2H3,(H,21,22,23);1H. The zero-order valence-electron chi connectivity index (χ0n) is 14.8. The Morgan fingerprint density at radius 2 is 1.78 bits per heavy atom. The molecule has 0 radical (unpaired) electrons. The largest absolute Gasteiger partial charge is 0.468 e. The number of pyridine rings is 1. The summed E-state index contributed by atoms with van der Waals surface area (Å²) in [4.78, 5) is 20.7. The number of methoxy groups -OCH3 is 1. The highest BCUT2D eigenvalue weighted by Gasteiger charge is 2.12. The topological polar surface area (TPSA) is 63.6 Å². The van der Waals surface area contributed by atoms with Crippen molar-refractivity contribution in [3.63, 3.8) is 0 Å². The second-order valence-corrected chi connectivity index (χ2v) is 6.41. The van der Waals surface area contributed by atoms with Crippen molar-refractivity contribution in [3.05, 3.63) is 61.2 Å². The molecule has 0 atom stereocenters. The highest BCUT2D eigenvalue weighted by Crippen LogP contribution is 2.31. The third-order valence-electron chi connectivity index (χ3n) is 3.74. The summed E-state index contributed by atoms with van der Waals surface area (Å²) in [6.45, 7) is 4.16. The SMILES string of the molecule is Br.C=CCN=C(Nc1c2ccccc2nc2ccccc12)SCC(=O)OC. The Balaban J connectivity index is 0.00000261. The zero-order valence-corrected chi connectivity index (χ0v) is 17.4. The van der Waals surface area contributed by atoms with Crippen LogP contribution in [0.2, 0.25) is 0 Å². The highest BCUT2D eigenvalue weighted by molar-refractivity contribution is 8.93. The maximum atomic E-state index is 11.5. The molecule has 3 aromatic rings. The lowest BCUT2D eigenvalue weighted by Crippen LogP contribution is -2.14. The average molecular weight is 446 g/mol. The molecule has 0 spiro atoms. The first kappa shape index (κ1) is 20.9. The summed E-state index contributed by atoms with van der Waals surface area (Å²) in [5.41, 5.74) is 2.72. The number of hydrogen-bond donors (Lipinski definition) is 1. The predicted octanol–water partition coefficient (Wildman–Crippen LogP) is 4.83. The van der Waals surface area contributed by atoms with E-state index < -0.39 is 0 Å². The van der Waals surface area contributed by atoms with Gasteiger partial charge in [-0.15, -0.1) is 23.6 Å². The molecule has 0 saturated carbocycles. The number of halogens is 1. The van der Waals surface area contributed by atoms with Gasteiger partial charge in [-0.05, 0) is 12.1 Å². The van der Waals surface area contributed by atoms with Crippen molar-refractivity contribution >= 4 is 67.4 Å². The number of aromatic nitrogens is 1. The Bertz CT molecular complexity index is 937. The van der Waals surface area contributed by atoms with Crippen LogP contribution in [-0.4, -0.2) is 35.5 Å². The van der Waals surface area contributed by atoms with Crippen molar-refractivity contribution in [2.45, 2.75) is 0 Å². The van der Waals surface area contributed by atoms with Crippen LogP contribution < -0.4 is 5.32 Å². The van der Waals surface area contributed by atoms with Crippen molar-refractivity contribution in [1.29, 1.82) is 0 Å². The number of nitrogens with zero attached hydrogens (tertiary/aromatic N) is 2. The fourth-order valence-corrected chi connectivity index (χ4v) is 3.25. The molecule has 1 N–H and O–H groups in total. The van der Waals surface area contributed by atoms with Gasteiger partial charge in [-0.1, -0.05) is 54.2 Å². The van der Waals surface area contributed by atoms with Crippen molar-refractivity contribution in [1.82, 2.24) is 4.98 Å². The van der Waals surface area contributed by atoms with E-state index in [2.05, 4.69) is 16.9 Å². The van der Waals surface area contributed by atoms with E-state index in [1.807, 2.05) is 48.5 Å². The predicted molar refractivity (Wildman–Crippen MR) is 120 cm³/mol. The second kappa shape index (κ2) is 10.1. The quantitative estimate of drug-likeness (QED) is 0.200. The van der Waals surface area contributed by atoms with Gasteiger partial charge in [0.1, 0.15) is 0 Å². The minimum absolute atomic E-state index is 0. The number of nitrogens with one attached hydrogen (secondary N) is 1. The first-order valence-corrected chi connectivity index (χ1v) is 9.11. The number of thioether (sulfide) groups is 1. The first-order valence-electron chi connectivity index (χ1n) is 8.12. The smallest absolute Gasteiger partial charge is 0.316 e. The van der Waals surface area contributed by atoms with Crippen LogP contribution >= 0.6 is 28.7 Å². The number of benzene rings is 2. The molecule has 0 unspecified atom stereocenters. The van der Waals surface area contributed by atoms with Gasteiger partial charge >= 0.3 is 5.97 Å². The van der Waals surface area contributed by atoms with Gasteiger partial charge < -0.3 is 10.1 Å². The van der Waals surface area contributed by atoms with E-state index in [1.165, 1.54) is 18.9 Å². The second-order valence-electron chi connectivity index (χ2n) is 5.45. The number of hydrogen-bond acceptors (Lipinski definition) is 5.